The number of pyridine rings is 1. The first-order valence-corrected chi connectivity index (χ1v) is 7.00. The van der Waals surface area contributed by atoms with Crippen LogP contribution in [0.1, 0.15) is 19.3 Å². The van der Waals surface area contributed by atoms with Crippen LogP contribution in [0, 0.1) is 5.41 Å². The number of hydrogen-bond donors (Lipinski definition) is 1. The van der Waals surface area contributed by atoms with Crippen LogP contribution in [0.2, 0.25) is 0 Å². The topological polar surface area (TPSA) is 51.2 Å². The van der Waals surface area contributed by atoms with E-state index in [1.807, 2.05) is 25.2 Å². The van der Waals surface area contributed by atoms with Gasteiger partial charge in [0.2, 0.25) is 0 Å². The van der Waals surface area contributed by atoms with Crippen molar-refractivity contribution in [3.8, 4) is 0 Å². The lowest BCUT2D eigenvalue weighted by Crippen LogP contribution is -2.13. The molecule has 98 valence electrons. The Morgan fingerprint density at radius 2 is 2.33 bits per heavy atom. The fourth-order valence-corrected chi connectivity index (χ4v) is 2.97. The van der Waals surface area contributed by atoms with Crippen LogP contribution in [0.4, 0.5) is 5.82 Å². The molecular weight excluding hydrogens is 248 g/mol. The predicted octanol–water partition coefficient (Wildman–Crippen LogP) is 2.56. The van der Waals surface area contributed by atoms with E-state index in [4.69, 9.17) is 4.74 Å². The average Bonchev–Trinajstić information content (AvgIpc) is 3.17. The van der Waals surface area contributed by atoms with E-state index in [2.05, 4.69) is 10.3 Å². The van der Waals surface area contributed by atoms with E-state index in [1.165, 1.54) is 7.11 Å². The summed E-state index contributed by atoms with van der Waals surface area (Å²) in [7, 11) is 3.31. The molecule has 0 atom stereocenters. The normalized spacial score (nSPS) is 16.1. The van der Waals surface area contributed by atoms with Crippen molar-refractivity contribution < 1.29 is 9.53 Å². The van der Waals surface area contributed by atoms with Gasteiger partial charge < -0.3 is 10.1 Å². The lowest BCUT2D eigenvalue weighted by Gasteiger charge is -2.12. The number of ether oxygens (including phenoxy) is 1. The van der Waals surface area contributed by atoms with Crippen molar-refractivity contribution in [3.05, 3.63) is 18.2 Å². The largest absolute Gasteiger partial charge is 0.469 e. The van der Waals surface area contributed by atoms with E-state index in [9.17, 15) is 4.79 Å². The van der Waals surface area contributed by atoms with Crippen LogP contribution in [0.15, 0.2) is 23.2 Å². The molecule has 1 aromatic heterocycles. The van der Waals surface area contributed by atoms with Gasteiger partial charge >= 0.3 is 5.97 Å². The third kappa shape index (κ3) is 3.38. The predicted molar refractivity (Wildman–Crippen MR) is 72.8 cm³/mol. The molecule has 1 N–H and O–H groups in total. The standard InChI is InChI=1S/C13H18N2O2S/c1-14-10-4-3-5-11(15-10)18-9-13(6-7-13)8-12(16)17-2/h3-5H,6-9H2,1-2H3,(H,14,15). The van der Waals surface area contributed by atoms with Gasteiger partial charge in [0, 0.05) is 12.8 Å². The molecule has 1 aliphatic carbocycles. The summed E-state index contributed by atoms with van der Waals surface area (Å²) in [6.07, 6.45) is 2.75. The van der Waals surface area contributed by atoms with Gasteiger partial charge in [-0.1, -0.05) is 6.07 Å². The first kappa shape index (κ1) is 13.2. The molecule has 18 heavy (non-hydrogen) atoms. The number of carbonyl (C=O) groups excluding carboxylic acids is 1. The van der Waals surface area contributed by atoms with E-state index in [0.29, 0.717) is 6.42 Å². The second-order valence-electron chi connectivity index (χ2n) is 4.65. The van der Waals surface area contributed by atoms with Crippen LogP contribution >= 0.6 is 11.8 Å². The highest BCUT2D eigenvalue weighted by molar-refractivity contribution is 7.99. The summed E-state index contributed by atoms with van der Waals surface area (Å²) in [6, 6.07) is 5.92. The van der Waals surface area contributed by atoms with Crippen LogP contribution in [-0.4, -0.2) is 30.9 Å². The van der Waals surface area contributed by atoms with Crippen LogP contribution in [0.25, 0.3) is 0 Å². The Bertz CT molecular complexity index is 433. The molecule has 0 aliphatic heterocycles. The number of nitrogens with one attached hydrogen (secondary N) is 1. The second-order valence-corrected chi connectivity index (χ2v) is 5.65. The molecule has 0 unspecified atom stereocenters. The van der Waals surface area contributed by atoms with Crippen LogP contribution in [-0.2, 0) is 9.53 Å². The summed E-state index contributed by atoms with van der Waals surface area (Å²) in [5.74, 6) is 1.70. The second kappa shape index (κ2) is 5.61. The van der Waals surface area contributed by atoms with Crippen molar-refractivity contribution in [3.63, 3.8) is 0 Å². The molecule has 0 radical (unpaired) electrons. The van der Waals surface area contributed by atoms with E-state index >= 15 is 0 Å². The fourth-order valence-electron chi connectivity index (χ4n) is 1.79. The van der Waals surface area contributed by atoms with Crippen molar-refractivity contribution in [2.75, 3.05) is 25.2 Å². The van der Waals surface area contributed by atoms with Gasteiger partial charge in [-0.2, -0.15) is 0 Å². The summed E-state index contributed by atoms with van der Waals surface area (Å²) in [6.45, 7) is 0. The first-order chi connectivity index (χ1) is 8.67. The van der Waals surface area contributed by atoms with Gasteiger partial charge in [-0.05, 0) is 30.4 Å². The first-order valence-electron chi connectivity index (χ1n) is 6.02. The zero-order valence-electron chi connectivity index (χ0n) is 10.7. The Labute approximate surface area is 112 Å². The van der Waals surface area contributed by atoms with Crippen molar-refractivity contribution >= 4 is 23.5 Å². The zero-order valence-corrected chi connectivity index (χ0v) is 11.5. The molecule has 0 bridgehead atoms. The van der Waals surface area contributed by atoms with Gasteiger partial charge in [0.25, 0.3) is 0 Å². The summed E-state index contributed by atoms with van der Waals surface area (Å²) < 4.78 is 4.74. The highest BCUT2D eigenvalue weighted by atomic mass is 32.2. The third-order valence-corrected chi connectivity index (χ3v) is 4.49. The maximum absolute atomic E-state index is 11.3. The zero-order chi connectivity index (χ0) is 13.0. The van der Waals surface area contributed by atoms with Gasteiger partial charge in [0.1, 0.15) is 5.82 Å². The van der Waals surface area contributed by atoms with Crippen LogP contribution < -0.4 is 5.32 Å². The molecule has 1 saturated carbocycles. The minimum atomic E-state index is -0.106. The summed E-state index contributed by atoms with van der Waals surface area (Å²) >= 11 is 1.71. The lowest BCUT2D eigenvalue weighted by atomic mass is 10.1. The Kier molecular flexibility index (Phi) is 4.11. The Balaban J connectivity index is 1.89. The molecule has 0 spiro atoms. The maximum atomic E-state index is 11.3. The van der Waals surface area contributed by atoms with E-state index in [-0.39, 0.29) is 11.4 Å². The third-order valence-electron chi connectivity index (χ3n) is 3.21. The number of methoxy groups -OCH3 is 1. The minimum absolute atomic E-state index is 0.106. The Morgan fingerprint density at radius 3 is 2.94 bits per heavy atom. The number of nitrogens with zero attached hydrogens (tertiary/aromatic N) is 1. The highest BCUT2D eigenvalue weighted by Crippen LogP contribution is 2.52. The molecule has 0 aromatic carbocycles. The van der Waals surface area contributed by atoms with Crippen LogP contribution in [0.3, 0.4) is 0 Å². The van der Waals surface area contributed by atoms with Crippen LogP contribution in [0.5, 0.6) is 0 Å². The fraction of sp³-hybridized carbons (Fsp3) is 0.538. The number of aromatic nitrogens is 1. The molecule has 1 fully saturated rings. The maximum Gasteiger partial charge on any atom is 0.306 e. The van der Waals surface area contributed by atoms with E-state index in [1.54, 1.807) is 11.8 Å². The van der Waals surface area contributed by atoms with Crippen molar-refractivity contribution in [1.82, 2.24) is 4.98 Å². The number of hydrogen-bond acceptors (Lipinski definition) is 5. The molecule has 2 rings (SSSR count). The van der Waals surface area contributed by atoms with Gasteiger partial charge in [0.15, 0.2) is 0 Å². The number of carbonyl (C=O) groups is 1. The lowest BCUT2D eigenvalue weighted by molar-refractivity contribution is -0.141. The number of anilines is 1. The van der Waals surface area contributed by atoms with Crippen molar-refractivity contribution in [2.24, 2.45) is 5.41 Å². The molecular formula is C13H18N2O2S. The molecule has 5 heteroatoms. The molecule has 1 aromatic rings. The highest BCUT2D eigenvalue weighted by Gasteiger charge is 2.44. The monoisotopic (exact) mass is 266 g/mol. The number of esters is 1. The molecule has 4 nitrogen and oxygen atoms in total. The smallest absolute Gasteiger partial charge is 0.306 e. The summed E-state index contributed by atoms with van der Waals surface area (Å²) in [5, 5.41) is 4.02. The van der Waals surface area contributed by atoms with Crippen molar-refractivity contribution in [1.29, 1.82) is 0 Å². The summed E-state index contributed by atoms with van der Waals surface area (Å²) in [4.78, 5) is 15.8. The van der Waals surface area contributed by atoms with Gasteiger partial charge in [-0.3, -0.25) is 4.79 Å². The van der Waals surface area contributed by atoms with Crippen molar-refractivity contribution in [2.45, 2.75) is 24.3 Å². The number of thioether (sulfide) groups is 1. The van der Waals surface area contributed by atoms with Gasteiger partial charge in [-0.15, -0.1) is 11.8 Å². The molecule has 0 saturated heterocycles. The molecule has 1 heterocycles. The van der Waals surface area contributed by atoms with Gasteiger partial charge in [-0.25, -0.2) is 4.98 Å². The van der Waals surface area contributed by atoms with E-state index < -0.39 is 0 Å². The summed E-state index contributed by atoms with van der Waals surface area (Å²) in [5.41, 5.74) is 0.148. The van der Waals surface area contributed by atoms with Gasteiger partial charge in [0.05, 0.1) is 18.6 Å². The SMILES string of the molecule is CNc1cccc(SCC2(CC(=O)OC)CC2)n1. The quantitative estimate of drug-likeness (QED) is 0.633. The Hall–Kier alpha value is -1.23. The number of rotatable bonds is 6. The molecule has 1 aliphatic rings. The van der Waals surface area contributed by atoms with E-state index in [0.717, 1.165) is 29.4 Å². The average molecular weight is 266 g/mol. The molecule has 0 amide bonds. The minimum Gasteiger partial charge on any atom is -0.469 e. The Morgan fingerprint density at radius 1 is 1.56 bits per heavy atom.